The highest BCUT2D eigenvalue weighted by molar-refractivity contribution is 9.10. The monoisotopic (exact) mass is 543 g/mol. The van der Waals surface area contributed by atoms with Crippen LogP contribution >= 0.6 is 15.9 Å². The molecule has 0 fully saturated rings. The zero-order chi connectivity index (χ0) is 25.6. The lowest BCUT2D eigenvalue weighted by atomic mass is 10.1. The second-order valence-electron chi connectivity index (χ2n) is 7.31. The number of anilines is 3. The molecular formula is C25H21BrF3N5O. The second-order valence-corrected chi connectivity index (χ2v) is 8.23. The van der Waals surface area contributed by atoms with E-state index in [0.717, 1.165) is 33.8 Å². The van der Waals surface area contributed by atoms with Crippen LogP contribution in [0.1, 0.15) is 12.5 Å². The maximum atomic E-state index is 13.1. The van der Waals surface area contributed by atoms with E-state index in [9.17, 15) is 18.0 Å². The van der Waals surface area contributed by atoms with Crippen LogP contribution in [-0.4, -0.2) is 27.0 Å². The van der Waals surface area contributed by atoms with Gasteiger partial charge in [0, 0.05) is 45.6 Å². The van der Waals surface area contributed by atoms with Gasteiger partial charge in [0.2, 0.25) is 0 Å². The van der Waals surface area contributed by atoms with Crippen molar-refractivity contribution < 1.29 is 18.0 Å². The summed E-state index contributed by atoms with van der Waals surface area (Å²) >= 11 is 3.37. The SMILES string of the molecule is C=C/C(=C\C(=C/C)C(F)(F)F)C(=O)Nc1ccc(C)c(Nc2ccnc(-c3cncc(Br)c3)n2)c1. The van der Waals surface area contributed by atoms with Gasteiger partial charge in [-0.1, -0.05) is 24.8 Å². The van der Waals surface area contributed by atoms with Gasteiger partial charge in [-0.15, -0.1) is 0 Å². The summed E-state index contributed by atoms with van der Waals surface area (Å²) in [6.45, 7) is 6.58. The second kappa shape index (κ2) is 11.1. The van der Waals surface area contributed by atoms with E-state index in [1.807, 2.05) is 13.0 Å². The molecule has 10 heteroatoms. The summed E-state index contributed by atoms with van der Waals surface area (Å²) in [4.78, 5) is 25.5. The number of allylic oxidation sites excluding steroid dienone is 3. The number of carbonyl (C=O) groups is 1. The van der Waals surface area contributed by atoms with E-state index in [1.165, 1.54) is 6.92 Å². The minimum atomic E-state index is -4.58. The number of halogens is 4. The number of benzene rings is 1. The van der Waals surface area contributed by atoms with Crippen LogP contribution in [-0.2, 0) is 4.79 Å². The quantitative estimate of drug-likeness (QED) is 0.250. The van der Waals surface area contributed by atoms with E-state index in [0.29, 0.717) is 23.0 Å². The molecule has 0 atom stereocenters. The summed E-state index contributed by atoms with van der Waals surface area (Å²) in [5.41, 5.74) is 1.47. The van der Waals surface area contributed by atoms with Crippen molar-refractivity contribution in [3.63, 3.8) is 0 Å². The number of hydrogen-bond acceptors (Lipinski definition) is 5. The Morgan fingerprint density at radius 3 is 2.60 bits per heavy atom. The highest BCUT2D eigenvalue weighted by Gasteiger charge is 2.32. The van der Waals surface area contributed by atoms with Crippen LogP contribution < -0.4 is 10.6 Å². The standard InChI is InChI=1S/C25H21BrF3N5O/c1-4-16(10-18(5-2)25(27,28)29)24(35)32-20-7-6-15(3)21(12-20)33-22-8-9-31-23(34-22)17-11-19(26)14-30-13-17/h4-14H,1H2,2-3H3,(H,32,35)(H,31,33,34)/b16-10+,18-5+. The predicted molar refractivity (Wildman–Crippen MR) is 134 cm³/mol. The fourth-order valence-electron chi connectivity index (χ4n) is 2.99. The number of carbonyl (C=O) groups excluding carboxylic acids is 1. The first-order valence-electron chi connectivity index (χ1n) is 10.3. The number of nitrogens with zero attached hydrogens (tertiary/aromatic N) is 3. The van der Waals surface area contributed by atoms with Gasteiger partial charge in [0.25, 0.3) is 5.91 Å². The number of alkyl halides is 3. The molecular weight excluding hydrogens is 523 g/mol. The van der Waals surface area contributed by atoms with Crippen molar-refractivity contribution in [2.24, 2.45) is 0 Å². The summed E-state index contributed by atoms with van der Waals surface area (Å²) < 4.78 is 40.0. The first-order valence-corrected chi connectivity index (χ1v) is 11.1. The largest absolute Gasteiger partial charge is 0.416 e. The van der Waals surface area contributed by atoms with Crippen LogP contribution in [0.2, 0.25) is 0 Å². The molecule has 2 heterocycles. The van der Waals surface area contributed by atoms with Crippen LogP contribution in [0.15, 0.2) is 89.3 Å². The minimum Gasteiger partial charge on any atom is -0.340 e. The highest BCUT2D eigenvalue weighted by atomic mass is 79.9. The zero-order valence-corrected chi connectivity index (χ0v) is 20.4. The molecule has 0 bridgehead atoms. The Balaban J connectivity index is 1.83. The molecule has 0 spiro atoms. The number of aryl methyl sites for hydroxylation is 1. The molecule has 0 aliphatic rings. The van der Waals surface area contributed by atoms with Crippen molar-refractivity contribution in [1.82, 2.24) is 15.0 Å². The Morgan fingerprint density at radius 2 is 1.94 bits per heavy atom. The number of rotatable bonds is 7. The molecule has 180 valence electrons. The van der Waals surface area contributed by atoms with Crippen LogP contribution in [0.4, 0.5) is 30.4 Å². The van der Waals surface area contributed by atoms with E-state index >= 15 is 0 Å². The molecule has 0 aliphatic carbocycles. The van der Waals surface area contributed by atoms with Crippen molar-refractivity contribution in [2.75, 3.05) is 10.6 Å². The molecule has 0 aliphatic heterocycles. The highest BCUT2D eigenvalue weighted by Crippen LogP contribution is 2.29. The van der Waals surface area contributed by atoms with Gasteiger partial charge in [-0.05, 0) is 65.7 Å². The molecule has 0 radical (unpaired) electrons. The van der Waals surface area contributed by atoms with E-state index in [1.54, 1.807) is 42.9 Å². The van der Waals surface area contributed by atoms with Crippen molar-refractivity contribution in [1.29, 1.82) is 0 Å². The lowest BCUT2D eigenvalue weighted by molar-refractivity contribution is -0.112. The van der Waals surface area contributed by atoms with E-state index in [-0.39, 0.29) is 5.57 Å². The predicted octanol–water partition coefficient (Wildman–Crippen LogP) is 6.91. The topological polar surface area (TPSA) is 79.8 Å². The fourth-order valence-corrected chi connectivity index (χ4v) is 3.36. The van der Waals surface area contributed by atoms with Crippen LogP contribution in [0.5, 0.6) is 0 Å². The van der Waals surface area contributed by atoms with Gasteiger partial charge in [-0.25, -0.2) is 9.97 Å². The molecule has 2 N–H and O–H groups in total. The van der Waals surface area contributed by atoms with Gasteiger partial charge in [-0.3, -0.25) is 9.78 Å². The molecule has 2 aromatic heterocycles. The Kier molecular flexibility index (Phi) is 8.18. The first-order chi connectivity index (χ1) is 16.6. The van der Waals surface area contributed by atoms with E-state index in [4.69, 9.17) is 0 Å². The Morgan fingerprint density at radius 1 is 1.17 bits per heavy atom. The molecule has 3 rings (SSSR count). The normalized spacial score (nSPS) is 12.3. The third-order valence-corrected chi connectivity index (χ3v) is 5.24. The molecule has 35 heavy (non-hydrogen) atoms. The number of hydrogen-bond donors (Lipinski definition) is 2. The van der Waals surface area contributed by atoms with Crippen molar-refractivity contribution in [3.05, 3.63) is 94.9 Å². The van der Waals surface area contributed by atoms with Crippen molar-refractivity contribution >= 4 is 39.0 Å². The zero-order valence-electron chi connectivity index (χ0n) is 18.8. The van der Waals surface area contributed by atoms with Gasteiger partial charge in [0.05, 0.1) is 5.57 Å². The number of nitrogens with one attached hydrogen (secondary N) is 2. The minimum absolute atomic E-state index is 0.214. The van der Waals surface area contributed by atoms with Crippen molar-refractivity contribution in [3.8, 4) is 11.4 Å². The molecule has 1 aromatic carbocycles. The third kappa shape index (κ3) is 6.86. The molecule has 3 aromatic rings. The van der Waals surface area contributed by atoms with Gasteiger partial charge in [0.15, 0.2) is 5.82 Å². The molecule has 0 saturated carbocycles. The lowest BCUT2D eigenvalue weighted by Gasteiger charge is -2.13. The van der Waals surface area contributed by atoms with Crippen molar-refractivity contribution in [2.45, 2.75) is 20.0 Å². The number of pyridine rings is 1. The smallest absolute Gasteiger partial charge is 0.340 e. The molecule has 6 nitrogen and oxygen atoms in total. The number of aromatic nitrogens is 3. The van der Waals surface area contributed by atoms with E-state index in [2.05, 4.69) is 48.1 Å². The summed E-state index contributed by atoms with van der Waals surface area (Å²) in [7, 11) is 0. The fraction of sp³-hybridized carbons (Fsp3) is 0.120. The summed E-state index contributed by atoms with van der Waals surface area (Å²) in [5, 5.41) is 5.80. The maximum absolute atomic E-state index is 13.1. The maximum Gasteiger partial charge on any atom is 0.416 e. The first kappa shape index (κ1) is 25.8. The summed E-state index contributed by atoms with van der Waals surface area (Å²) in [6.07, 6.45) is 3.06. The molecule has 0 saturated heterocycles. The van der Waals surface area contributed by atoms with Gasteiger partial charge in [0.1, 0.15) is 5.82 Å². The molecule has 1 amide bonds. The van der Waals surface area contributed by atoms with Crippen LogP contribution in [0.25, 0.3) is 11.4 Å². The Hall–Kier alpha value is -3.79. The Bertz CT molecular complexity index is 1320. The average Bonchev–Trinajstić information content (AvgIpc) is 2.81. The average molecular weight is 544 g/mol. The van der Waals surface area contributed by atoms with Gasteiger partial charge in [-0.2, -0.15) is 13.2 Å². The lowest BCUT2D eigenvalue weighted by Crippen LogP contribution is -2.16. The summed E-state index contributed by atoms with van der Waals surface area (Å²) in [6, 6.07) is 8.61. The van der Waals surface area contributed by atoms with E-state index < -0.39 is 17.7 Å². The molecule has 0 unspecified atom stereocenters. The van der Waals surface area contributed by atoms with Crippen LogP contribution in [0.3, 0.4) is 0 Å². The third-order valence-electron chi connectivity index (χ3n) is 4.81. The van der Waals surface area contributed by atoms with Crippen LogP contribution in [0, 0.1) is 6.92 Å². The Labute approximate surface area is 208 Å². The summed E-state index contributed by atoms with van der Waals surface area (Å²) in [5.74, 6) is 0.261. The van der Waals surface area contributed by atoms with Gasteiger partial charge >= 0.3 is 6.18 Å². The van der Waals surface area contributed by atoms with Gasteiger partial charge < -0.3 is 10.6 Å². The number of amides is 1.